The Morgan fingerprint density at radius 3 is 2.00 bits per heavy atom. The number of halogens is 2. The van der Waals surface area contributed by atoms with E-state index >= 15 is 4.39 Å². The molecule has 10 heteroatoms. The van der Waals surface area contributed by atoms with E-state index in [0.29, 0.717) is 31.3 Å². The normalized spacial score (nSPS) is 21.5. The Kier molecular flexibility index (Phi) is 10.1. The number of hydrogen-bond acceptors (Lipinski definition) is 7. The lowest BCUT2D eigenvalue weighted by Crippen LogP contribution is -2.38. The van der Waals surface area contributed by atoms with E-state index in [1.54, 1.807) is 0 Å². The molecular weight excluding hydrogens is 619 g/mol. The molecule has 0 bridgehead atoms. The van der Waals surface area contributed by atoms with Crippen molar-refractivity contribution in [3.8, 4) is 0 Å². The Labute approximate surface area is 278 Å². The highest BCUT2D eigenvalue weighted by atomic mass is 35.5. The Balaban J connectivity index is 1.23. The lowest BCUT2D eigenvalue weighted by Gasteiger charge is -2.25. The van der Waals surface area contributed by atoms with Gasteiger partial charge in [-0.05, 0) is 41.1 Å². The highest BCUT2D eigenvalue weighted by molar-refractivity contribution is 6.28. The van der Waals surface area contributed by atoms with E-state index in [-0.39, 0.29) is 23.4 Å². The van der Waals surface area contributed by atoms with E-state index in [0.717, 1.165) is 42.4 Å². The zero-order chi connectivity index (χ0) is 32.0. The van der Waals surface area contributed by atoms with Crippen LogP contribution in [0.3, 0.4) is 0 Å². The molecule has 5 aromatic rings. The first kappa shape index (κ1) is 31.7. The molecule has 2 aromatic heterocycles. The molecule has 3 aromatic carbocycles. The van der Waals surface area contributed by atoms with E-state index < -0.39 is 30.2 Å². The van der Waals surface area contributed by atoms with Gasteiger partial charge in [0.1, 0.15) is 29.9 Å². The summed E-state index contributed by atoms with van der Waals surface area (Å²) in [5, 5.41) is 7.88. The van der Waals surface area contributed by atoms with Gasteiger partial charge in [-0.2, -0.15) is 4.98 Å². The van der Waals surface area contributed by atoms with Crippen LogP contribution in [0.5, 0.6) is 0 Å². The van der Waals surface area contributed by atoms with E-state index in [4.69, 9.17) is 30.5 Å². The fraction of sp³-hybridized carbons (Fsp3) is 0.351. The van der Waals surface area contributed by atoms with Gasteiger partial charge in [0.05, 0.1) is 32.1 Å². The number of nitrogens with one attached hydrogen (secondary N) is 1. The number of aromatic nitrogens is 3. The predicted molar refractivity (Wildman–Crippen MR) is 178 cm³/mol. The second kappa shape index (κ2) is 14.9. The Hall–Kier alpha value is -3.86. The molecule has 0 amide bonds. The van der Waals surface area contributed by atoms with Crippen LogP contribution in [-0.4, -0.2) is 45.6 Å². The van der Waals surface area contributed by atoms with Gasteiger partial charge in [-0.1, -0.05) is 104 Å². The zero-order valence-electron chi connectivity index (χ0n) is 26.0. The van der Waals surface area contributed by atoms with Crippen LogP contribution in [0.15, 0.2) is 97.1 Å². The van der Waals surface area contributed by atoms with Crippen LogP contribution >= 0.6 is 11.6 Å². The number of fused-ring (bicyclic) bond motifs is 1. The highest BCUT2D eigenvalue weighted by Gasteiger charge is 2.48. The molecule has 4 atom stereocenters. The van der Waals surface area contributed by atoms with Crippen molar-refractivity contribution < 1.29 is 23.3 Å². The summed E-state index contributed by atoms with van der Waals surface area (Å²) in [4.78, 5) is 4.39. The van der Waals surface area contributed by atoms with Gasteiger partial charge in [-0.15, -0.1) is 5.10 Å². The number of rotatable bonds is 13. The summed E-state index contributed by atoms with van der Waals surface area (Å²) in [6.45, 7) is 1.30. The largest absolute Gasteiger partial charge is 0.374 e. The van der Waals surface area contributed by atoms with Crippen LogP contribution in [0, 0.1) is 5.82 Å². The average Bonchev–Trinajstić information content (AvgIpc) is 3.82. The molecule has 0 radical (unpaired) electrons. The van der Waals surface area contributed by atoms with Gasteiger partial charge in [0.15, 0.2) is 11.6 Å². The fourth-order valence-corrected chi connectivity index (χ4v) is 6.67. The highest BCUT2D eigenvalue weighted by Crippen LogP contribution is 2.40. The lowest BCUT2D eigenvalue weighted by molar-refractivity contribution is -0.0898. The summed E-state index contributed by atoms with van der Waals surface area (Å²) in [6.07, 6.45) is 1.81. The molecule has 1 aliphatic heterocycles. The van der Waals surface area contributed by atoms with Crippen LogP contribution in [-0.2, 0) is 38.8 Å². The monoisotopic (exact) mass is 656 g/mol. The van der Waals surface area contributed by atoms with Crippen molar-refractivity contribution in [3.05, 3.63) is 131 Å². The van der Waals surface area contributed by atoms with Crippen molar-refractivity contribution in [2.75, 3.05) is 11.9 Å². The maximum absolute atomic E-state index is 15.9. The third-order valence-corrected chi connectivity index (χ3v) is 8.99. The molecule has 1 saturated heterocycles. The molecule has 47 heavy (non-hydrogen) atoms. The SMILES string of the molecule is Fc1cc([C@@H]2O[C@H](COCc3ccccc3)[C@@H](OCc3ccccc3)[C@H]2OCc2ccccc2)n2nc(Cl)nc(NC3CCCC3)c12. The van der Waals surface area contributed by atoms with Crippen molar-refractivity contribution in [2.45, 2.75) is 76.0 Å². The lowest BCUT2D eigenvalue weighted by atomic mass is 10.0. The van der Waals surface area contributed by atoms with Crippen molar-refractivity contribution in [3.63, 3.8) is 0 Å². The molecule has 8 nitrogen and oxygen atoms in total. The van der Waals surface area contributed by atoms with Gasteiger partial charge >= 0.3 is 0 Å². The number of ether oxygens (including phenoxy) is 4. The van der Waals surface area contributed by atoms with Gasteiger partial charge in [-0.25, -0.2) is 8.91 Å². The molecule has 244 valence electrons. The zero-order valence-corrected chi connectivity index (χ0v) is 26.8. The minimum absolute atomic E-state index is 0.00854. The minimum atomic E-state index is -0.743. The molecule has 3 heterocycles. The second-order valence-electron chi connectivity index (χ2n) is 12.2. The van der Waals surface area contributed by atoms with Crippen LogP contribution in [0.25, 0.3) is 5.52 Å². The van der Waals surface area contributed by atoms with Crippen LogP contribution in [0.1, 0.15) is 54.2 Å². The maximum Gasteiger partial charge on any atom is 0.243 e. The van der Waals surface area contributed by atoms with Crippen molar-refractivity contribution in [2.24, 2.45) is 0 Å². The molecule has 1 aliphatic carbocycles. The number of anilines is 1. The third-order valence-electron chi connectivity index (χ3n) is 8.83. The summed E-state index contributed by atoms with van der Waals surface area (Å²) in [5.74, 6) is -0.0897. The molecule has 1 N–H and O–H groups in total. The number of nitrogens with zero attached hydrogens (tertiary/aromatic N) is 3. The quantitative estimate of drug-likeness (QED) is 0.139. The summed E-state index contributed by atoms with van der Waals surface area (Å²) in [7, 11) is 0. The second-order valence-corrected chi connectivity index (χ2v) is 12.5. The molecule has 0 spiro atoms. The Morgan fingerprint density at radius 2 is 1.38 bits per heavy atom. The van der Waals surface area contributed by atoms with E-state index in [2.05, 4.69) is 15.4 Å². The standard InChI is InChI=1S/C37H38ClFN4O4/c38-37-41-36(40-28-18-10-11-19-28)32-29(39)20-30(43(32)42-37)33-35(46-23-27-16-8-3-9-17-27)34(45-22-26-14-6-2-7-15-26)31(47-33)24-44-21-25-12-4-1-5-13-25/h1-9,12-17,20,28,31,33-35H,10-11,18-19,21-24H2,(H,40,41,42)/t31-,33+,34-,35+/m1/s1. The Bertz CT molecular complexity index is 1740. The van der Waals surface area contributed by atoms with E-state index in [9.17, 15) is 0 Å². The first-order chi connectivity index (χ1) is 23.1. The third kappa shape index (κ3) is 7.50. The van der Waals surface area contributed by atoms with Crippen molar-refractivity contribution in [1.82, 2.24) is 14.6 Å². The fourth-order valence-electron chi connectivity index (χ4n) is 6.51. The maximum atomic E-state index is 15.9. The first-order valence-corrected chi connectivity index (χ1v) is 16.6. The predicted octanol–water partition coefficient (Wildman–Crippen LogP) is 7.70. The summed E-state index contributed by atoms with van der Waals surface area (Å²) >= 11 is 6.45. The molecular formula is C37H38ClFN4O4. The Morgan fingerprint density at radius 1 is 0.809 bits per heavy atom. The number of hydrogen-bond donors (Lipinski definition) is 1. The van der Waals surface area contributed by atoms with Gasteiger partial charge in [0.2, 0.25) is 5.28 Å². The minimum Gasteiger partial charge on any atom is -0.374 e. The molecule has 1 saturated carbocycles. The van der Waals surface area contributed by atoms with E-state index in [1.165, 1.54) is 10.6 Å². The topological polar surface area (TPSA) is 79.1 Å². The van der Waals surface area contributed by atoms with Crippen molar-refractivity contribution >= 4 is 22.9 Å². The van der Waals surface area contributed by atoms with Gasteiger partial charge < -0.3 is 24.3 Å². The molecule has 2 aliphatic rings. The summed E-state index contributed by atoms with van der Waals surface area (Å²) in [6, 6.07) is 31.5. The summed E-state index contributed by atoms with van der Waals surface area (Å²) < 4.78 is 43.6. The smallest absolute Gasteiger partial charge is 0.243 e. The van der Waals surface area contributed by atoms with Crippen LogP contribution in [0.4, 0.5) is 10.2 Å². The van der Waals surface area contributed by atoms with Gasteiger partial charge in [0, 0.05) is 12.1 Å². The summed E-state index contributed by atoms with van der Waals surface area (Å²) in [5.41, 5.74) is 3.76. The van der Waals surface area contributed by atoms with E-state index in [1.807, 2.05) is 91.0 Å². The molecule has 7 rings (SSSR count). The van der Waals surface area contributed by atoms with Gasteiger partial charge in [-0.3, -0.25) is 0 Å². The van der Waals surface area contributed by atoms with Crippen LogP contribution < -0.4 is 5.32 Å². The molecule has 2 fully saturated rings. The van der Waals surface area contributed by atoms with Gasteiger partial charge in [0.25, 0.3) is 0 Å². The number of benzene rings is 3. The average molecular weight is 657 g/mol. The van der Waals surface area contributed by atoms with Crippen LogP contribution in [0.2, 0.25) is 5.28 Å². The first-order valence-electron chi connectivity index (χ1n) is 16.2. The molecule has 0 unspecified atom stereocenters. The van der Waals surface area contributed by atoms with Crippen molar-refractivity contribution in [1.29, 1.82) is 0 Å².